The van der Waals surface area contributed by atoms with Gasteiger partial charge in [-0.25, -0.2) is 0 Å². The van der Waals surface area contributed by atoms with Crippen molar-refractivity contribution < 1.29 is 0 Å². The lowest BCUT2D eigenvalue weighted by Gasteiger charge is -2.00. The first-order valence-electron chi connectivity index (χ1n) is 3.65. The maximum Gasteiger partial charge on any atom is 0.0689 e. The van der Waals surface area contributed by atoms with Crippen LogP contribution < -0.4 is 0 Å². The van der Waals surface area contributed by atoms with Gasteiger partial charge in [-0.15, -0.1) is 0 Å². The molecule has 0 radical (unpaired) electrons. The fourth-order valence-electron chi connectivity index (χ4n) is 1.26. The molecule has 0 unspecified atom stereocenters. The predicted molar refractivity (Wildman–Crippen MR) is 57.0 cm³/mol. The second-order valence-corrected chi connectivity index (χ2v) is 3.80. The molecule has 0 fully saturated rings. The summed E-state index contributed by atoms with van der Waals surface area (Å²) in [4.78, 5) is 0. The molecule has 0 aliphatic rings. The number of fused-ring (bicyclic) bond motifs is 1. The molecule has 0 spiro atoms. The van der Waals surface area contributed by atoms with Crippen molar-refractivity contribution in [1.29, 1.82) is 0 Å². The van der Waals surface area contributed by atoms with Gasteiger partial charge in [0.25, 0.3) is 0 Å². The SMILES string of the molecule is Cc1nncc2cccc(I)c12. The Balaban J connectivity index is 2.96. The lowest BCUT2D eigenvalue weighted by molar-refractivity contribution is 1.00. The molecule has 0 N–H and O–H groups in total. The Labute approximate surface area is 84.1 Å². The molecule has 60 valence electrons. The van der Waals surface area contributed by atoms with Crippen LogP contribution in [0.15, 0.2) is 24.4 Å². The minimum atomic E-state index is 0.998. The molecule has 12 heavy (non-hydrogen) atoms. The highest BCUT2D eigenvalue weighted by Gasteiger charge is 2.01. The van der Waals surface area contributed by atoms with Crippen LogP contribution >= 0.6 is 22.6 Å². The summed E-state index contributed by atoms with van der Waals surface area (Å²) in [6.45, 7) is 1.98. The standard InChI is InChI=1S/C9H7IN2/c1-6-9-7(5-11-12-6)3-2-4-8(9)10/h2-5H,1H3. The van der Waals surface area contributed by atoms with E-state index in [9.17, 15) is 0 Å². The Morgan fingerprint density at radius 2 is 2.17 bits per heavy atom. The molecule has 0 aliphatic heterocycles. The van der Waals surface area contributed by atoms with E-state index < -0.39 is 0 Å². The molecule has 0 saturated carbocycles. The van der Waals surface area contributed by atoms with E-state index in [1.807, 2.05) is 13.0 Å². The van der Waals surface area contributed by atoms with E-state index in [4.69, 9.17) is 0 Å². The molecule has 0 aliphatic carbocycles. The minimum absolute atomic E-state index is 0.998. The third-order valence-electron chi connectivity index (χ3n) is 1.81. The zero-order chi connectivity index (χ0) is 8.55. The van der Waals surface area contributed by atoms with Crippen molar-refractivity contribution in [3.05, 3.63) is 33.7 Å². The summed E-state index contributed by atoms with van der Waals surface area (Å²) in [6, 6.07) is 6.17. The van der Waals surface area contributed by atoms with Gasteiger partial charge in [-0.3, -0.25) is 0 Å². The maximum atomic E-state index is 4.01. The van der Waals surface area contributed by atoms with Crippen LogP contribution in [0.4, 0.5) is 0 Å². The quantitative estimate of drug-likeness (QED) is 0.687. The third-order valence-corrected chi connectivity index (χ3v) is 2.71. The van der Waals surface area contributed by atoms with Crippen molar-refractivity contribution in [2.45, 2.75) is 6.92 Å². The molecule has 0 saturated heterocycles. The summed E-state index contributed by atoms with van der Waals surface area (Å²) in [5, 5.41) is 10.3. The van der Waals surface area contributed by atoms with Gasteiger partial charge in [-0.2, -0.15) is 10.2 Å². The largest absolute Gasteiger partial charge is 0.158 e. The molecule has 0 bridgehead atoms. The van der Waals surface area contributed by atoms with Crippen LogP contribution in [0.5, 0.6) is 0 Å². The summed E-state index contributed by atoms with van der Waals surface area (Å²) < 4.78 is 1.23. The van der Waals surface area contributed by atoms with Crippen LogP contribution in [0.2, 0.25) is 0 Å². The molecule has 1 heterocycles. The van der Waals surface area contributed by atoms with Crippen LogP contribution in [0.1, 0.15) is 5.69 Å². The van der Waals surface area contributed by atoms with E-state index in [0.29, 0.717) is 0 Å². The number of hydrogen-bond donors (Lipinski definition) is 0. The number of nitrogens with zero attached hydrogens (tertiary/aromatic N) is 2. The van der Waals surface area contributed by atoms with E-state index in [1.54, 1.807) is 6.20 Å². The molecule has 1 aromatic heterocycles. The van der Waals surface area contributed by atoms with Crippen molar-refractivity contribution >= 4 is 33.4 Å². The fourth-order valence-corrected chi connectivity index (χ4v) is 2.17. The van der Waals surface area contributed by atoms with Gasteiger partial charge in [0, 0.05) is 14.3 Å². The highest BCUT2D eigenvalue weighted by atomic mass is 127. The van der Waals surface area contributed by atoms with E-state index in [-0.39, 0.29) is 0 Å². The molecular formula is C9H7IN2. The van der Waals surface area contributed by atoms with Gasteiger partial charge in [0.15, 0.2) is 0 Å². The minimum Gasteiger partial charge on any atom is -0.158 e. The van der Waals surface area contributed by atoms with Crippen molar-refractivity contribution in [1.82, 2.24) is 10.2 Å². The second-order valence-electron chi connectivity index (χ2n) is 2.63. The molecule has 0 amide bonds. The Hall–Kier alpha value is -0.710. The first-order valence-corrected chi connectivity index (χ1v) is 4.73. The first-order chi connectivity index (χ1) is 5.79. The summed E-state index contributed by atoms with van der Waals surface area (Å²) in [5.74, 6) is 0. The molecule has 2 aromatic rings. The van der Waals surface area contributed by atoms with Crippen LogP contribution in [-0.2, 0) is 0 Å². The van der Waals surface area contributed by atoms with E-state index in [1.165, 1.54) is 8.96 Å². The average molecular weight is 270 g/mol. The van der Waals surface area contributed by atoms with Gasteiger partial charge in [0.05, 0.1) is 11.9 Å². The van der Waals surface area contributed by atoms with E-state index in [0.717, 1.165) is 11.1 Å². The zero-order valence-corrected chi connectivity index (χ0v) is 8.74. The van der Waals surface area contributed by atoms with E-state index >= 15 is 0 Å². The monoisotopic (exact) mass is 270 g/mol. The smallest absolute Gasteiger partial charge is 0.0689 e. The van der Waals surface area contributed by atoms with Gasteiger partial charge in [0.1, 0.15) is 0 Å². The summed E-state index contributed by atoms with van der Waals surface area (Å²) >= 11 is 2.32. The molecule has 2 rings (SSSR count). The lowest BCUT2D eigenvalue weighted by Crippen LogP contribution is -1.89. The lowest BCUT2D eigenvalue weighted by atomic mass is 10.1. The number of aryl methyl sites for hydroxylation is 1. The highest BCUT2D eigenvalue weighted by molar-refractivity contribution is 14.1. The number of benzene rings is 1. The van der Waals surface area contributed by atoms with Crippen LogP contribution in [-0.4, -0.2) is 10.2 Å². The summed E-state index contributed by atoms with van der Waals surface area (Å²) in [7, 11) is 0. The van der Waals surface area contributed by atoms with E-state index in [2.05, 4.69) is 44.9 Å². The molecule has 3 heteroatoms. The fraction of sp³-hybridized carbons (Fsp3) is 0.111. The molecule has 1 aromatic carbocycles. The van der Waals surface area contributed by atoms with Crippen molar-refractivity contribution in [3.8, 4) is 0 Å². The zero-order valence-electron chi connectivity index (χ0n) is 6.58. The average Bonchev–Trinajstić information content (AvgIpc) is 2.04. The van der Waals surface area contributed by atoms with Crippen molar-refractivity contribution in [2.24, 2.45) is 0 Å². The number of rotatable bonds is 0. The molecule has 2 nitrogen and oxygen atoms in total. The van der Waals surface area contributed by atoms with Gasteiger partial charge in [-0.05, 0) is 35.6 Å². The van der Waals surface area contributed by atoms with Crippen LogP contribution in [0, 0.1) is 10.5 Å². The second kappa shape index (κ2) is 2.97. The van der Waals surface area contributed by atoms with Gasteiger partial charge in [-0.1, -0.05) is 12.1 Å². The maximum absolute atomic E-state index is 4.01. The Morgan fingerprint density at radius 1 is 1.33 bits per heavy atom. The summed E-state index contributed by atoms with van der Waals surface area (Å²) in [6.07, 6.45) is 1.80. The van der Waals surface area contributed by atoms with Gasteiger partial charge < -0.3 is 0 Å². The summed E-state index contributed by atoms with van der Waals surface area (Å²) in [5.41, 5.74) is 0.998. The molecular weight excluding hydrogens is 263 g/mol. The third kappa shape index (κ3) is 1.18. The number of aromatic nitrogens is 2. The van der Waals surface area contributed by atoms with Crippen molar-refractivity contribution in [3.63, 3.8) is 0 Å². The predicted octanol–water partition coefficient (Wildman–Crippen LogP) is 2.54. The molecule has 0 atom stereocenters. The van der Waals surface area contributed by atoms with Crippen LogP contribution in [0.3, 0.4) is 0 Å². The normalized spacial score (nSPS) is 10.5. The first kappa shape index (κ1) is 7.91. The van der Waals surface area contributed by atoms with Crippen molar-refractivity contribution in [2.75, 3.05) is 0 Å². The number of halogens is 1. The van der Waals surface area contributed by atoms with Gasteiger partial charge >= 0.3 is 0 Å². The Bertz CT molecular complexity index is 389. The highest BCUT2D eigenvalue weighted by Crippen LogP contribution is 2.20. The van der Waals surface area contributed by atoms with Gasteiger partial charge in [0.2, 0.25) is 0 Å². The Morgan fingerprint density at radius 3 is 2.92 bits per heavy atom. The van der Waals surface area contributed by atoms with Crippen LogP contribution in [0.25, 0.3) is 10.8 Å². The number of hydrogen-bond acceptors (Lipinski definition) is 2. The topological polar surface area (TPSA) is 25.8 Å². The Kier molecular flexibility index (Phi) is 1.96.